The van der Waals surface area contributed by atoms with Crippen LogP contribution in [0.15, 0.2) is 12.2 Å². The van der Waals surface area contributed by atoms with Crippen molar-refractivity contribution in [2.24, 2.45) is 0 Å². The third kappa shape index (κ3) is 17.9. The van der Waals surface area contributed by atoms with Gasteiger partial charge in [0.25, 0.3) is 10.1 Å². The first kappa shape index (κ1) is 25.1. The van der Waals surface area contributed by atoms with E-state index in [2.05, 4.69) is 19.1 Å². The topological polar surface area (TPSA) is 74.7 Å². The van der Waals surface area contributed by atoms with Crippen LogP contribution in [0.2, 0.25) is 0 Å². The maximum atomic E-state index is 11.8. The van der Waals surface area contributed by atoms with E-state index in [1.807, 2.05) is 0 Å². The molecule has 0 fully saturated rings. The molecule has 0 bridgehead atoms. The molecule has 0 aromatic rings. The summed E-state index contributed by atoms with van der Waals surface area (Å²) in [5.74, 6) is -0.461. The molecule has 1 amide bonds. The van der Waals surface area contributed by atoms with Crippen molar-refractivity contribution in [3.05, 3.63) is 12.2 Å². The summed E-state index contributed by atoms with van der Waals surface area (Å²) in [6, 6.07) is 0. The van der Waals surface area contributed by atoms with Crippen LogP contribution in [-0.2, 0) is 14.9 Å². The number of carbonyl (C=O) groups excluding carboxylic acids is 1. The van der Waals surface area contributed by atoms with Crippen molar-refractivity contribution in [1.29, 1.82) is 0 Å². The van der Waals surface area contributed by atoms with Crippen LogP contribution in [0.25, 0.3) is 0 Å². The van der Waals surface area contributed by atoms with Crippen molar-refractivity contribution in [3.63, 3.8) is 0 Å². The van der Waals surface area contributed by atoms with Crippen LogP contribution in [0, 0.1) is 0 Å². The summed E-state index contributed by atoms with van der Waals surface area (Å²) in [7, 11) is -2.43. The minimum Gasteiger partial charge on any atom is -0.345 e. The zero-order chi connectivity index (χ0) is 19.7. The molecule has 0 spiro atoms. The quantitative estimate of drug-likeness (QED) is 0.216. The summed E-state index contributed by atoms with van der Waals surface area (Å²) in [6.45, 7) is 2.28. The Labute approximate surface area is 161 Å². The fourth-order valence-corrected chi connectivity index (χ4v) is 3.24. The van der Waals surface area contributed by atoms with Gasteiger partial charge < -0.3 is 4.90 Å². The number of carbonyl (C=O) groups is 1. The molecule has 0 unspecified atom stereocenters. The molecule has 0 aliphatic carbocycles. The number of hydrogen-bond acceptors (Lipinski definition) is 3. The molecule has 0 aliphatic heterocycles. The van der Waals surface area contributed by atoms with E-state index in [-0.39, 0.29) is 12.5 Å². The van der Waals surface area contributed by atoms with Gasteiger partial charge in [0.15, 0.2) is 0 Å². The summed E-state index contributed by atoms with van der Waals surface area (Å²) >= 11 is 0. The molecule has 0 aliphatic rings. The SMILES string of the molecule is CCCCCCCC=CCCCCCCCC(=O)N(C)CCS(=O)(=O)O. The van der Waals surface area contributed by atoms with E-state index in [9.17, 15) is 13.2 Å². The number of hydrogen-bond donors (Lipinski definition) is 1. The van der Waals surface area contributed by atoms with Gasteiger partial charge in [-0.3, -0.25) is 9.35 Å². The van der Waals surface area contributed by atoms with Crippen LogP contribution < -0.4 is 0 Å². The predicted octanol–water partition coefficient (Wildman–Crippen LogP) is 4.98. The molecule has 154 valence electrons. The fraction of sp³-hybridized carbons (Fsp3) is 0.850. The van der Waals surface area contributed by atoms with Gasteiger partial charge in [-0.2, -0.15) is 8.42 Å². The predicted molar refractivity (Wildman–Crippen MR) is 109 cm³/mol. The van der Waals surface area contributed by atoms with Crippen molar-refractivity contribution in [2.45, 2.75) is 90.4 Å². The van der Waals surface area contributed by atoms with Crippen LogP contribution in [0.4, 0.5) is 0 Å². The number of nitrogens with zero attached hydrogens (tertiary/aromatic N) is 1. The van der Waals surface area contributed by atoms with Gasteiger partial charge in [-0.25, -0.2) is 0 Å². The molecule has 0 aromatic carbocycles. The van der Waals surface area contributed by atoms with Crippen molar-refractivity contribution in [1.82, 2.24) is 4.90 Å². The molecule has 6 heteroatoms. The average Bonchev–Trinajstić information content (AvgIpc) is 2.59. The zero-order valence-corrected chi connectivity index (χ0v) is 17.6. The lowest BCUT2D eigenvalue weighted by molar-refractivity contribution is -0.129. The molecule has 1 N–H and O–H groups in total. The normalized spacial score (nSPS) is 12.0. The third-order valence-corrected chi connectivity index (χ3v) is 5.21. The Bertz CT molecular complexity index is 474. The Hall–Kier alpha value is -0.880. The second-order valence-corrected chi connectivity index (χ2v) is 8.65. The van der Waals surface area contributed by atoms with Gasteiger partial charge in [-0.1, -0.05) is 64.0 Å². The highest BCUT2D eigenvalue weighted by Gasteiger charge is 2.12. The minimum atomic E-state index is -4.00. The summed E-state index contributed by atoms with van der Waals surface area (Å²) in [4.78, 5) is 13.2. The highest BCUT2D eigenvalue weighted by Crippen LogP contribution is 2.10. The summed E-state index contributed by atoms with van der Waals surface area (Å²) in [5, 5.41) is 0. The van der Waals surface area contributed by atoms with Gasteiger partial charge in [-0.05, 0) is 32.1 Å². The molecule has 0 rings (SSSR count). The van der Waals surface area contributed by atoms with Gasteiger partial charge >= 0.3 is 0 Å². The largest absolute Gasteiger partial charge is 0.345 e. The van der Waals surface area contributed by atoms with E-state index < -0.39 is 15.9 Å². The van der Waals surface area contributed by atoms with Crippen LogP contribution in [-0.4, -0.2) is 43.1 Å². The number of amides is 1. The molecule has 0 saturated heterocycles. The van der Waals surface area contributed by atoms with E-state index in [1.54, 1.807) is 7.05 Å². The van der Waals surface area contributed by atoms with Gasteiger partial charge in [0.05, 0.1) is 5.75 Å². The second kappa shape index (κ2) is 16.3. The number of unbranched alkanes of at least 4 members (excludes halogenated alkanes) is 10. The molecule has 0 saturated carbocycles. The minimum absolute atomic E-state index is 0.0443. The zero-order valence-electron chi connectivity index (χ0n) is 16.8. The van der Waals surface area contributed by atoms with E-state index in [0.717, 1.165) is 25.7 Å². The summed E-state index contributed by atoms with van der Waals surface area (Å²) in [5.41, 5.74) is 0. The van der Waals surface area contributed by atoms with Crippen LogP contribution >= 0.6 is 0 Å². The second-order valence-electron chi connectivity index (χ2n) is 7.08. The molecule has 0 atom stereocenters. The van der Waals surface area contributed by atoms with Gasteiger partial charge in [-0.15, -0.1) is 0 Å². The van der Waals surface area contributed by atoms with Crippen LogP contribution in [0.3, 0.4) is 0 Å². The van der Waals surface area contributed by atoms with Crippen LogP contribution in [0.5, 0.6) is 0 Å². The first-order valence-corrected chi connectivity index (χ1v) is 11.8. The van der Waals surface area contributed by atoms with E-state index in [0.29, 0.717) is 6.42 Å². The first-order valence-electron chi connectivity index (χ1n) is 10.2. The molecule has 0 heterocycles. The fourth-order valence-electron chi connectivity index (χ4n) is 2.74. The van der Waals surface area contributed by atoms with Gasteiger partial charge in [0.2, 0.25) is 5.91 Å². The Morgan fingerprint density at radius 2 is 1.38 bits per heavy atom. The van der Waals surface area contributed by atoms with Crippen molar-refractivity contribution in [2.75, 3.05) is 19.3 Å². The summed E-state index contributed by atoms with van der Waals surface area (Å²) < 4.78 is 30.0. The molecule has 26 heavy (non-hydrogen) atoms. The van der Waals surface area contributed by atoms with E-state index in [1.165, 1.54) is 56.3 Å². The number of rotatable bonds is 17. The lowest BCUT2D eigenvalue weighted by atomic mass is 10.1. The Morgan fingerprint density at radius 3 is 1.92 bits per heavy atom. The molecular weight excluding hydrogens is 350 g/mol. The van der Waals surface area contributed by atoms with Crippen molar-refractivity contribution < 1.29 is 17.8 Å². The molecule has 0 aromatic heterocycles. The monoisotopic (exact) mass is 389 g/mol. The summed E-state index contributed by atoms with van der Waals surface area (Å²) in [6.07, 6.45) is 19.5. The highest BCUT2D eigenvalue weighted by atomic mass is 32.2. The van der Waals surface area contributed by atoms with E-state index in [4.69, 9.17) is 4.55 Å². The van der Waals surface area contributed by atoms with Crippen LogP contribution in [0.1, 0.15) is 90.4 Å². The maximum Gasteiger partial charge on any atom is 0.266 e. The van der Waals surface area contributed by atoms with E-state index >= 15 is 0 Å². The lowest BCUT2D eigenvalue weighted by Crippen LogP contribution is -2.31. The Morgan fingerprint density at radius 1 is 0.885 bits per heavy atom. The van der Waals surface area contributed by atoms with Gasteiger partial charge in [0, 0.05) is 20.0 Å². The third-order valence-electron chi connectivity index (χ3n) is 4.51. The first-order chi connectivity index (χ1) is 12.4. The van der Waals surface area contributed by atoms with Crippen molar-refractivity contribution >= 4 is 16.0 Å². The van der Waals surface area contributed by atoms with Crippen molar-refractivity contribution in [3.8, 4) is 0 Å². The highest BCUT2D eigenvalue weighted by molar-refractivity contribution is 7.85. The Balaban J connectivity index is 3.43. The smallest absolute Gasteiger partial charge is 0.266 e. The van der Waals surface area contributed by atoms with Gasteiger partial charge in [0.1, 0.15) is 0 Å². The molecule has 0 radical (unpaired) electrons. The Kier molecular flexibility index (Phi) is 15.8. The average molecular weight is 390 g/mol. The standard InChI is InChI=1S/C20H39NO4S/c1-3-4-5-6-7-8-9-10-11-12-13-14-15-16-17-20(22)21(2)18-19-26(23,24)25/h9-10H,3-8,11-19H2,1-2H3,(H,23,24,25). The maximum absolute atomic E-state index is 11.8. The number of allylic oxidation sites excluding steroid dienone is 2. The lowest BCUT2D eigenvalue weighted by Gasteiger charge is -2.16. The molecule has 5 nitrogen and oxygen atoms in total. The molecular formula is C20H39NO4S.